The molecule has 3 aromatic rings. The van der Waals surface area contributed by atoms with E-state index in [-0.39, 0.29) is 19.1 Å². The third-order valence-electron chi connectivity index (χ3n) is 5.39. The van der Waals surface area contributed by atoms with Gasteiger partial charge in [-0.1, -0.05) is 23.7 Å². The van der Waals surface area contributed by atoms with Gasteiger partial charge in [-0.3, -0.25) is 14.4 Å². The summed E-state index contributed by atoms with van der Waals surface area (Å²) in [5, 5.41) is 9.54. The summed E-state index contributed by atoms with van der Waals surface area (Å²) in [5.41, 5.74) is 4.19. The molecule has 3 rings (SSSR count). The fourth-order valence-electron chi connectivity index (χ4n) is 3.44. The van der Waals surface area contributed by atoms with Crippen LogP contribution in [0, 0.1) is 0 Å². The molecule has 40 heavy (non-hydrogen) atoms. The lowest BCUT2D eigenvalue weighted by Gasteiger charge is -2.11. The van der Waals surface area contributed by atoms with Crippen LogP contribution in [0.15, 0.2) is 65.8 Å². The number of hydrogen-bond donors (Lipinski definition) is 3. The van der Waals surface area contributed by atoms with Gasteiger partial charge in [-0.25, -0.2) is 5.43 Å². The highest BCUT2D eigenvalue weighted by atomic mass is 35.5. The molecule has 0 fully saturated rings. The summed E-state index contributed by atoms with van der Waals surface area (Å²) in [6, 6.07) is 17.0. The molecular weight excluding hydrogens is 540 g/mol. The summed E-state index contributed by atoms with van der Waals surface area (Å²) in [6.07, 6.45) is 1.83. The molecule has 0 atom stereocenters. The Morgan fingerprint density at radius 1 is 0.850 bits per heavy atom. The molecule has 210 valence electrons. The number of hydrogen-bond acceptors (Lipinski definition) is 8. The first-order chi connectivity index (χ1) is 19.3. The molecule has 3 N–H and O–H groups in total. The number of nitrogens with one attached hydrogen (secondary N) is 3. The maximum absolute atomic E-state index is 12.2. The van der Waals surface area contributed by atoms with E-state index in [2.05, 4.69) is 21.2 Å². The fourth-order valence-corrected chi connectivity index (χ4v) is 3.63. The molecule has 0 aliphatic heterocycles. The molecule has 0 aromatic heterocycles. The van der Waals surface area contributed by atoms with Gasteiger partial charge in [0.1, 0.15) is 0 Å². The minimum atomic E-state index is -0.916. The summed E-state index contributed by atoms with van der Waals surface area (Å²) in [7, 11) is 4.54. The number of halogens is 1. The summed E-state index contributed by atoms with van der Waals surface area (Å²) in [4.78, 5) is 36.3. The highest BCUT2D eigenvalue weighted by molar-refractivity contribution is 6.35. The first-order valence-electron chi connectivity index (χ1n) is 12.0. The number of hydrazone groups is 1. The highest BCUT2D eigenvalue weighted by Crippen LogP contribution is 2.28. The van der Waals surface area contributed by atoms with Crippen molar-refractivity contribution >= 4 is 41.2 Å². The maximum atomic E-state index is 12.2. The minimum absolute atomic E-state index is 0.237. The Morgan fingerprint density at radius 3 is 2.30 bits per heavy atom. The molecule has 0 aliphatic carbocycles. The van der Waals surface area contributed by atoms with Crippen molar-refractivity contribution in [1.82, 2.24) is 10.7 Å². The average Bonchev–Trinajstić information content (AvgIpc) is 2.96. The van der Waals surface area contributed by atoms with Gasteiger partial charge in [-0.15, -0.1) is 0 Å². The second-order valence-corrected chi connectivity index (χ2v) is 8.59. The smallest absolute Gasteiger partial charge is 0.329 e. The molecule has 3 amide bonds. The molecule has 0 saturated heterocycles. The van der Waals surface area contributed by atoms with Crippen molar-refractivity contribution in [2.75, 3.05) is 39.8 Å². The van der Waals surface area contributed by atoms with Gasteiger partial charge in [-0.05, 0) is 66.1 Å². The zero-order valence-corrected chi connectivity index (χ0v) is 22.9. The molecule has 11 nitrogen and oxygen atoms in total. The second kappa shape index (κ2) is 15.0. The lowest BCUT2D eigenvalue weighted by molar-refractivity contribution is -0.139. The lowest BCUT2D eigenvalue weighted by atomic mass is 10.1. The van der Waals surface area contributed by atoms with Gasteiger partial charge in [0.15, 0.2) is 29.6 Å². The van der Waals surface area contributed by atoms with E-state index in [1.165, 1.54) is 20.4 Å². The van der Waals surface area contributed by atoms with Crippen molar-refractivity contribution in [3.8, 4) is 23.0 Å². The highest BCUT2D eigenvalue weighted by Gasteiger charge is 2.13. The second-order valence-electron chi connectivity index (χ2n) is 8.15. The average molecular weight is 569 g/mol. The SMILES string of the molecule is COc1ccc(CCNC(=O)C(=O)N/N=C\c2ccc(OCC(=O)Nc3cccc(Cl)c3)c(OC)c2)cc1OC. The summed E-state index contributed by atoms with van der Waals surface area (Å²) >= 11 is 5.92. The van der Waals surface area contributed by atoms with E-state index in [9.17, 15) is 14.4 Å². The number of anilines is 1. The van der Waals surface area contributed by atoms with Gasteiger partial charge in [0.2, 0.25) is 0 Å². The van der Waals surface area contributed by atoms with Crippen molar-refractivity contribution in [3.63, 3.8) is 0 Å². The Balaban J connectivity index is 1.45. The fraction of sp³-hybridized carbons (Fsp3) is 0.214. The summed E-state index contributed by atoms with van der Waals surface area (Å²) in [5.74, 6) is -0.257. The number of rotatable bonds is 12. The number of methoxy groups -OCH3 is 3. The summed E-state index contributed by atoms with van der Waals surface area (Å²) in [6.45, 7) is -0.0191. The number of nitrogens with zero attached hydrogens (tertiary/aromatic N) is 1. The van der Waals surface area contributed by atoms with Gasteiger partial charge in [0.05, 0.1) is 27.5 Å². The number of amides is 3. The third-order valence-corrected chi connectivity index (χ3v) is 5.62. The van der Waals surface area contributed by atoms with E-state index < -0.39 is 11.8 Å². The quantitative estimate of drug-likeness (QED) is 0.173. The van der Waals surface area contributed by atoms with Crippen molar-refractivity contribution in [2.24, 2.45) is 5.10 Å². The zero-order chi connectivity index (χ0) is 28.9. The van der Waals surface area contributed by atoms with Crippen molar-refractivity contribution in [2.45, 2.75) is 6.42 Å². The minimum Gasteiger partial charge on any atom is -0.493 e. The Labute approximate surface area is 236 Å². The van der Waals surface area contributed by atoms with Crippen molar-refractivity contribution in [3.05, 3.63) is 76.8 Å². The molecule has 0 unspecified atom stereocenters. The van der Waals surface area contributed by atoms with Crippen LogP contribution in [0.5, 0.6) is 23.0 Å². The molecule has 0 heterocycles. The molecule has 0 spiro atoms. The molecule has 0 radical (unpaired) electrons. The lowest BCUT2D eigenvalue weighted by Crippen LogP contribution is -2.38. The summed E-state index contributed by atoms with van der Waals surface area (Å²) < 4.78 is 21.4. The molecule has 3 aromatic carbocycles. The first kappa shape index (κ1) is 29.8. The molecule has 0 saturated carbocycles. The van der Waals surface area contributed by atoms with Crippen LogP contribution in [0.4, 0.5) is 5.69 Å². The number of ether oxygens (including phenoxy) is 4. The third kappa shape index (κ3) is 8.91. The number of carbonyl (C=O) groups excluding carboxylic acids is 3. The molecule has 0 bridgehead atoms. The standard InChI is InChI=1S/C28H29ClN4O7/c1-37-22-9-7-18(13-24(22)38-2)11-12-30-27(35)28(36)33-31-16-19-8-10-23(25(14-19)39-3)40-17-26(34)32-21-6-4-5-20(29)15-21/h4-10,13-16H,11-12,17H2,1-3H3,(H,30,35)(H,32,34)(H,33,36)/b31-16-. The normalized spacial score (nSPS) is 10.5. The van der Waals surface area contributed by atoms with Gasteiger partial charge in [0, 0.05) is 17.3 Å². The van der Waals surface area contributed by atoms with Crippen LogP contribution in [-0.4, -0.2) is 58.4 Å². The predicted molar refractivity (Wildman–Crippen MR) is 151 cm³/mol. The van der Waals surface area contributed by atoms with E-state index in [4.69, 9.17) is 30.5 Å². The van der Waals surface area contributed by atoms with Gasteiger partial charge in [-0.2, -0.15) is 5.10 Å². The van der Waals surface area contributed by atoms with E-state index in [0.29, 0.717) is 45.7 Å². The number of benzene rings is 3. The molecular formula is C28H29ClN4O7. The first-order valence-corrected chi connectivity index (χ1v) is 12.4. The van der Waals surface area contributed by atoms with Crippen LogP contribution in [0.2, 0.25) is 5.02 Å². The van der Waals surface area contributed by atoms with Crippen LogP contribution in [-0.2, 0) is 20.8 Å². The van der Waals surface area contributed by atoms with Crippen molar-refractivity contribution in [1.29, 1.82) is 0 Å². The Kier molecular flexibility index (Phi) is 11.2. The topological polar surface area (TPSA) is 137 Å². The largest absolute Gasteiger partial charge is 0.493 e. The molecule has 12 heteroatoms. The van der Waals surface area contributed by atoms with Crippen LogP contribution < -0.4 is 35.0 Å². The van der Waals surface area contributed by atoms with Crippen molar-refractivity contribution < 1.29 is 33.3 Å². The predicted octanol–water partition coefficient (Wildman–Crippen LogP) is 3.19. The van der Waals surface area contributed by atoms with E-state index in [0.717, 1.165) is 5.56 Å². The van der Waals surface area contributed by atoms with Crippen LogP contribution in [0.1, 0.15) is 11.1 Å². The Morgan fingerprint density at radius 2 is 1.57 bits per heavy atom. The molecule has 0 aliphatic rings. The van der Waals surface area contributed by atoms with Gasteiger partial charge >= 0.3 is 11.8 Å². The van der Waals surface area contributed by atoms with E-state index in [1.54, 1.807) is 61.7 Å². The Bertz CT molecular complexity index is 1380. The Hall–Kier alpha value is -4.77. The van der Waals surface area contributed by atoms with Gasteiger partial charge in [0.25, 0.3) is 5.91 Å². The van der Waals surface area contributed by atoms with E-state index >= 15 is 0 Å². The number of carbonyl (C=O) groups is 3. The van der Waals surface area contributed by atoms with Crippen LogP contribution in [0.3, 0.4) is 0 Å². The zero-order valence-electron chi connectivity index (χ0n) is 22.2. The van der Waals surface area contributed by atoms with Crippen LogP contribution in [0.25, 0.3) is 0 Å². The maximum Gasteiger partial charge on any atom is 0.329 e. The monoisotopic (exact) mass is 568 g/mol. The van der Waals surface area contributed by atoms with E-state index in [1.807, 2.05) is 6.07 Å². The van der Waals surface area contributed by atoms with Gasteiger partial charge < -0.3 is 29.6 Å². The van der Waals surface area contributed by atoms with Crippen LogP contribution >= 0.6 is 11.6 Å².